The molecule has 13 nitrogen and oxygen atoms in total. The Morgan fingerprint density at radius 2 is 1.90 bits per heavy atom. The molecule has 51 heavy (non-hydrogen) atoms. The number of hydrogen-bond acceptors (Lipinski definition) is 8. The number of rotatable bonds is 15. The normalized spacial score (nSPS) is 18.2. The summed E-state index contributed by atoms with van der Waals surface area (Å²) in [5.74, 6) is 0.763. The molecule has 13 heteroatoms. The number of aliphatic carboxylic acids is 1. The maximum Gasteiger partial charge on any atom is 0.304 e. The van der Waals surface area contributed by atoms with Gasteiger partial charge in [-0.1, -0.05) is 11.2 Å². The number of fused-ring (bicyclic) bond motifs is 1. The fourth-order valence-corrected chi connectivity index (χ4v) is 7.91. The number of carboxylic acids is 1. The summed E-state index contributed by atoms with van der Waals surface area (Å²) in [6.45, 7) is 10.7. The maximum atomic E-state index is 12.9. The van der Waals surface area contributed by atoms with Crippen molar-refractivity contribution < 1.29 is 14.7 Å². The van der Waals surface area contributed by atoms with E-state index in [4.69, 9.17) is 15.6 Å². The fourth-order valence-electron chi connectivity index (χ4n) is 7.91. The number of aryl methyl sites for hydroxylation is 4. The number of azide groups is 1. The number of aromatic nitrogens is 3. The zero-order chi connectivity index (χ0) is 35.7. The quantitative estimate of drug-likeness (QED) is 0.0864. The highest BCUT2D eigenvalue weighted by molar-refractivity contribution is 5.76. The van der Waals surface area contributed by atoms with Gasteiger partial charge in [-0.05, 0) is 118 Å². The lowest BCUT2D eigenvalue weighted by Gasteiger charge is -2.37. The number of anilines is 2. The number of benzene rings is 1. The Morgan fingerprint density at radius 1 is 1.08 bits per heavy atom. The van der Waals surface area contributed by atoms with Crippen LogP contribution in [-0.4, -0.2) is 100 Å². The first-order valence-corrected chi connectivity index (χ1v) is 18.6. The second-order valence-electron chi connectivity index (χ2n) is 14.5. The molecule has 0 aliphatic carbocycles. The van der Waals surface area contributed by atoms with Gasteiger partial charge in [0.1, 0.15) is 5.82 Å². The third kappa shape index (κ3) is 9.59. The Hall–Kier alpha value is -4.61. The van der Waals surface area contributed by atoms with Crippen molar-refractivity contribution >= 4 is 23.4 Å². The highest BCUT2D eigenvalue weighted by Gasteiger charge is 2.28. The number of nitrogens with one attached hydrogen (secondary N) is 1. The lowest BCUT2D eigenvalue weighted by Crippen LogP contribution is -2.48. The van der Waals surface area contributed by atoms with Crippen molar-refractivity contribution in [3.05, 3.63) is 75.0 Å². The Labute approximate surface area is 300 Å². The van der Waals surface area contributed by atoms with Crippen molar-refractivity contribution in [2.75, 3.05) is 69.1 Å². The highest BCUT2D eigenvalue weighted by Crippen LogP contribution is 2.32. The number of carbonyl (C=O) groups is 2. The van der Waals surface area contributed by atoms with Gasteiger partial charge in [-0.2, -0.15) is 5.10 Å². The maximum absolute atomic E-state index is 12.9. The average Bonchev–Trinajstić information content (AvgIpc) is 3.74. The van der Waals surface area contributed by atoms with Gasteiger partial charge >= 0.3 is 5.97 Å². The molecule has 1 aromatic carbocycles. The molecule has 3 aromatic rings. The molecule has 6 rings (SSSR count). The van der Waals surface area contributed by atoms with Crippen LogP contribution in [0.4, 0.5) is 11.5 Å². The molecule has 0 spiro atoms. The van der Waals surface area contributed by atoms with Crippen LogP contribution in [0.25, 0.3) is 16.1 Å². The van der Waals surface area contributed by atoms with Crippen LogP contribution in [-0.2, 0) is 22.4 Å². The van der Waals surface area contributed by atoms with Crippen LogP contribution in [0.15, 0.2) is 41.5 Å². The zero-order valence-corrected chi connectivity index (χ0v) is 30.1. The van der Waals surface area contributed by atoms with E-state index in [1.54, 1.807) is 0 Å². The van der Waals surface area contributed by atoms with Gasteiger partial charge in [0.2, 0.25) is 5.91 Å². The molecule has 2 N–H and O–H groups in total. The lowest BCUT2D eigenvalue weighted by molar-refractivity contribution is -0.137. The summed E-state index contributed by atoms with van der Waals surface area (Å²) in [6, 6.07) is 12.9. The molecule has 0 bridgehead atoms. The Morgan fingerprint density at radius 3 is 2.67 bits per heavy atom. The number of hydrogen-bond donors (Lipinski definition) is 2. The molecule has 5 heterocycles. The van der Waals surface area contributed by atoms with E-state index in [9.17, 15) is 14.7 Å². The number of piperazine rings is 1. The monoisotopic (exact) mass is 696 g/mol. The van der Waals surface area contributed by atoms with E-state index >= 15 is 0 Å². The number of unbranched alkanes of at least 4 members (excludes halogenated alkanes) is 1. The van der Waals surface area contributed by atoms with Crippen LogP contribution in [0.1, 0.15) is 79.1 Å². The number of pyridine rings is 1. The van der Waals surface area contributed by atoms with Crippen molar-refractivity contribution in [1.29, 1.82) is 0 Å². The van der Waals surface area contributed by atoms with Crippen LogP contribution in [0.5, 0.6) is 0 Å². The van der Waals surface area contributed by atoms with Crippen LogP contribution in [0.2, 0.25) is 0 Å². The Kier molecular flexibility index (Phi) is 12.1. The van der Waals surface area contributed by atoms with Crippen molar-refractivity contribution in [2.45, 2.75) is 77.6 Å². The van der Waals surface area contributed by atoms with Gasteiger partial charge in [0.25, 0.3) is 0 Å². The summed E-state index contributed by atoms with van der Waals surface area (Å²) >= 11 is 0. The fraction of sp³-hybridized carbons (Fsp3) is 0.579. The molecular formula is C38H52N10O3. The average molecular weight is 697 g/mol. The second-order valence-corrected chi connectivity index (χ2v) is 14.5. The third-order valence-electron chi connectivity index (χ3n) is 10.6. The van der Waals surface area contributed by atoms with Gasteiger partial charge in [-0.25, -0.2) is 9.67 Å². The molecule has 0 radical (unpaired) electrons. The Bertz CT molecular complexity index is 1730. The minimum absolute atomic E-state index is 0.0508. The molecule has 2 fully saturated rings. The van der Waals surface area contributed by atoms with Crippen LogP contribution in [0, 0.1) is 19.8 Å². The summed E-state index contributed by atoms with van der Waals surface area (Å²) in [6.07, 6.45) is 7.31. The smallest absolute Gasteiger partial charge is 0.304 e. The third-order valence-corrected chi connectivity index (χ3v) is 10.6. The number of carbonyl (C=O) groups excluding carboxylic acids is 1. The number of carboxylic acid groups (broad SMARTS) is 1. The molecule has 0 unspecified atom stereocenters. The number of nitrogens with zero attached hydrogens (tertiary/aromatic N) is 9. The van der Waals surface area contributed by atoms with E-state index in [-0.39, 0.29) is 18.2 Å². The van der Waals surface area contributed by atoms with Crippen molar-refractivity contribution in [2.24, 2.45) is 11.0 Å². The minimum atomic E-state index is -0.799. The summed E-state index contributed by atoms with van der Waals surface area (Å²) in [4.78, 5) is 39.5. The van der Waals surface area contributed by atoms with E-state index < -0.39 is 5.97 Å². The Balaban J connectivity index is 1.14. The summed E-state index contributed by atoms with van der Waals surface area (Å²) < 4.78 is 1.95. The van der Waals surface area contributed by atoms with Gasteiger partial charge in [0.15, 0.2) is 0 Å². The van der Waals surface area contributed by atoms with E-state index in [0.717, 1.165) is 91.6 Å². The van der Waals surface area contributed by atoms with Crippen molar-refractivity contribution in [1.82, 2.24) is 24.6 Å². The summed E-state index contributed by atoms with van der Waals surface area (Å²) in [5.41, 5.74) is 15.8. The molecule has 3 aliphatic heterocycles. The van der Waals surface area contributed by atoms with E-state index in [1.165, 1.54) is 5.56 Å². The topological polar surface area (TPSA) is 156 Å². The molecule has 272 valence electrons. The minimum Gasteiger partial charge on any atom is -0.481 e. The van der Waals surface area contributed by atoms with E-state index in [0.29, 0.717) is 64.4 Å². The molecule has 2 aromatic heterocycles. The molecule has 1 amide bonds. The zero-order valence-electron chi connectivity index (χ0n) is 30.1. The predicted octanol–water partition coefficient (Wildman–Crippen LogP) is 5.88. The van der Waals surface area contributed by atoms with Crippen LogP contribution in [0.3, 0.4) is 0 Å². The van der Waals surface area contributed by atoms with Gasteiger partial charge in [-0.15, -0.1) is 0 Å². The van der Waals surface area contributed by atoms with Crippen molar-refractivity contribution in [3.63, 3.8) is 0 Å². The number of likely N-dealkylation sites (tertiary alicyclic amines) is 1. The predicted molar refractivity (Wildman–Crippen MR) is 199 cm³/mol. The molecule has 2 atom stereocenters. The van der Waals surface area contributed by atoms with E-state index in [1.807, 2.05) is 23.4 Å². The highest BCUT2D eigenvalue weighted by atomic mass is 16.4. The molecule has 3 aliphatic rings. The summed E-state index contributed by atoms with van der Waals surface area (Å²) in [7, 11) is 0. The SMILES string of the molecule is Cc1cc(C)n(-c2cc([C@H](CC(=O)O)CN3CC[C@@H](CCc4ccc5c(n4)NCCC5)C3)cc(N3CCN(C(=O)CCCCN=[N+]=[N-])CC3)c2)n1. The summed E-state index contributed by atoms with van der Waals surface area (Å²) in [5, 5.41) is 21.9. The first-order chi connectivity index (χ1) is 24.7. The second kappa shape index (κ2) is 17.1. The van der Waals surface area contributed by atoms with Crippen molar-refractivity contribution in [3.8, 4) is 5.69 Å². The lowest BCUT2D eigenvalue weighted by atomic mass is 9.93. The van der Waals surface area contributed by atoms with Crippen LogP contribution >= 0.6 is 0 Å². The van der Waals surface area contributed by atoms with E-state index in [2.05, 4.69) is 61.5 Å². The number of amides is 1. The van der Waals surface area contributed by atoms with Gasteiger partial charge < -0.3 is 25.1 Å². The van der Waals surface area contributed by atoms with Gasteiger partial charge in [-0.3, -0.25) is 9.59 Å². The van der Waals surface area contributed by atoms with Gasteiger partial charge in [0, 0.05) is 86.7 Å². The van der Waals surface area contributed by atoms with Crippen LogP contribution < -0.4 is 10.2 Å². The standard InChI is InChI=1S/C38H52N10O3/c1-27-20-28(2)48(43-27)35-22-31(21-34(24-35)46-16-18-47(19-17-46)36(49)7-3-4-14-41-44-39)32(23-37(50)51)26-45-15-12-29(25-45)8-10-33-11-9-30-6-5-13-40-38(30)42-33/h9,11,20-22,24,29,32H,3-8,10,12-19,23,25-26H2,1-2H3,(H,40,42)(H,50,51)/t29-,32-/m1/s1. The molecule has 0 saturated carbocycles. The van der Waals surface area contributed by atoms with Gasteiger partial charge in [0.05, 0.1) is 17.8 Å². The first kappa shape index (κ1) is 36.2. The molecule has 2 saturated heterocycles. The molecular weight excluding hydrogens is 644 g/mol. The largest absolute Gasteiger partial charge is 0.481 e. The first-order valence-electron chi connectivity index (χ1n) is 18.6.